The van der Waals surface area contributed by atoms with Gasteiger partial charge in [-0.05, 0) is 62.0 Å². The predicted molar refractivity (Wildman–Crippen MR) is 124 cm³/mol. The molecule has 0 spiro atoms. The van der Waals surface area contributed by atoms with E-state index >= 15 is 0 Å². The van der Waals surface area contributed by atoms with Crippen molar-refractivity contribution in [3.8, 4) is 0 Å². The Bertz CT molecular complexity index is 767. The van der Waals surface area contributed by atoms with Gasteiger partial charge in [-0.25, -0.2) is 0 Å². The highest BCUT2D eigenvalue weighted by molar-refractivity contribution is 6.36. The maximum Gasteiger partial charge on any atom is 0.0654 e. The van der Waals surface area contributed by atoms with Crippen molar-refractivity contribution < 1.29 is 0 Å². The van der Waals surface area contributed by atoms with Gasteiger partial charge in [0.25, 0.3) is 0 Å². The van der Waals surface area contributed by atoms with Gasteiger partial charge < -0.3 is 9.80 Å². The molecule has 2 fully saturated rings. The van der Waals surface area contributed by atoms with E-state index in [9.17, 15) is 0 Å². The monoisotopic (exact) mass is 431 g/mol. The lowest BCUT2D eigenvalue weighted by molar-refractivity contribution is 0.152. The molecule has 2 aliphatic heterocycles. The topological polar surface area (TPSA) is 9.72 Å². The first-order valence-corrected chi connectivity index (χ1v) is 11.6. The van der Waals surface area contributed by atoms with Crippen LogP contribution in [0.25, 0.3) is 0 Å². The van der Waals surface area contributed by atoms with Gasteiger partial charge in [-0.15, -0.1) is 0 Å². The summed E-state index contributed by atoms with van der Waals surface area (Å²) in [6, 6.07) is 16.8. The van der Waals surface area contributed by atoms with Crippen molar-refractivity contribution in [1.82, 2.24) is 9.80 Å². The molecule has 0 radical (unpaired) electrons. The lowest BCUT2D eigenvalue weighted by Crippen LogP contribution is -2.49. The maximum absolute atomic E-state index is 6.38. The first-order chi connectivity index (χ1) is 14.2. The normalized spacial score (nSPS) is 19.6. The summed E-state index contributed by atoms with van der Waals surface area (Å²) >= 11 is 12.4. The quantitative estimate of drug-likeness (QED) is 0.631. The van der Waals surface area contributed by atoms with Crippen LogP contribution in [0.2, 0.25) is 10.0 Å². The van der Waals surface area contributed by atoms with Crippen LogP contribution in [0.5, 0.6) is 0 Å². The van der Waals surface area contributed by atoms with E-state index in [4.69, 9.17) is 23.2 Å². The van der Waals surface area contributed by atoms with E-state index in [0.717, 1.165) is 42.8 Å². The highest BCUT2D eigenvalue weighted by Crippen LogP contribution is 2.29. The first kappa shape index (κ1) is 21.0. The van der Waals surface area contributed by atoms with Crippen molar-refractivity contribution in [1.29, 1.82) is 0 Å². The van der Waals surface area contributed by atoms with Crippen molar-refractivity contribution in [3.63, 3.8) is 0 Å². The molecule has 3 nitrogen and oxygen atoms in total. The minimum Gasteiger partial charge on any atom is -0.368 e. The lowest BCUT2D eigenvalue weighted by Gasteiger charge is -2.38. The Kier molecular flexibility index (Phi) is 7.36. The molecule has 4 rings (SSSR count). The lowest BCUT2D eigenvalue weighted by atomic mass is 9.90. The zero-order valence-corrected chi connectivity index (χ0v) is 18.6. The SMILES string of the molecule is Clc1ccc(N2CCN(CCN3CCC(Cc4ccccc4)CC3)CC2)c(Cl)c1. The Balaban J connectivity index is 1.16. The Hall–Kier alpha value is -1.26. The van der Waals surface area contributed by atoms with Gasteiger partial charge in [0, 0.05) is 44.3 Å². The van der Waals surface area contributed by atoms with Gasteiger partial charge in [0.05, 0.1) is 10.7 Å². The summed E-state index contributed by atoms with van der Waals surface area (Å²) in [5, 5.41) is 1.45. The molecule has 0 amide bonds. The van der Waals surface area contributed by atoms with Gasteiger partial charge in [-0.3, -0.25) is 4.90 Å². The molecule has 0 N–H and O–H groups in total. The van der Waals surface area contributed by atoms with Crippen LogP contribution < -0.4 is 4.90 Å². The summed E-state index contributed by atoms with van der Waals surface area (Å²) in [5.41, 5.74) is 2.60. The first-order valence-electron chi connectivity index (χ1n) is 10.9. The van der Waals surface area contributed by atoms with Crippen LogP contribution in [0.4, 0.5) is 5.69 Å². The number of benzene rings is 2. The molecule has 2 aromatic rings. The summed E-state index contributed by atoms with van der Waals surface area (Å²) in [6.45, 7) is 9.12. The summed E-state index contributed by atoms with van der Waals surface area (Å²) < 4.78 is 0. The van der Waals surface area contributed by atoms with Gasteiger partial charge >= 0.3 is 0 Å². The van der Waals surface area contributed by atoms with Crippen molar-refractivity contribution in [2.45, 2.75) is 19.3 Å². The minimum absolute atomic E-state index is 0.699. The van der Waals surface area contributed by atoms with Crippen LogP contribution in [0.3, 0.4) is 0 Å². The van der Waals surface area contributed by atoms with E-state index in [2.05, 4.69) is 45.0 Å². The number of halogens is 2. The molecular formula is C24H31Cl2N3. The Morgan fingerprint density at radius 1 is 0.759 bits per heavy atom. The number of hydrogen-bond acceptors (Lipinski definition) is 3. The molecular weight excluding hydrogens is 401 g/mol. The molecule has 2 aromatic carbocycles. The molecule has 0 saturated carbocycles. The highest BCUT2D eigenvalue weighted by Gasteiger charge is 2.22. The number of likely N-dealkylation sites (tertiary alicyclic amines) is 1. The summed E-state index contributed by atoms with van der Waals surface area (Å²) in [4.78, 5) is 7.63. The largest absolute Gasteiger partial charge is 0.368 e. The standard InChI is InChI=1S/C24H31Cl2N3/c25-22-6-7-24(23(26)19-22)29-16-14-28(15-17-29)13-12-27-10-8-21(9-11-27)18-20-4-2-1-3-5-20/h1-7,19,21H,8-18H2. The fourth-order valence-electron chi connectivity index (χ4n) is 4.59. The van der Waals surface area contributed by atoms with Crippen molar-refractivity contribution in [3.05, 3.63) is 64.1 Å². The fourth-order valence-corrected chi connectivity index (χ4v) is 5.12. The van der Waals surface area contributed by atoms with Crippen LogP contribution >= 0.6 is 23.2 Å². The molecule has 156 valence electrons. The number of nitrogens with zero attached hydrogens (tertiary/aromatic N) is 3. The fraction of sp³-hybridized carbons (Fsp3) is 0.500. The van der Waals surface area contributed by atoms with Crippen LogP contribution in [0, 0.1) is 5.92 Å². The molecule has 0 unspecified atom stereocenters. The molecule has 0 bridgehead atoms. The van der Waals surface area contributed by atoms with Gasteiger partial charge in [-0.2, -0.15) is 0 Å². The van der Waals surface area contributed by atoms with Gasteiger partial charge in [0.1, 0.15) is 0 Å². The molecule has 2 heterocycles. The number of rotatable bonds is 6. The van der Waals surface area contributed by atoms with E-state index in [-0.39, 0.29) is 0 Å². The van der Waals surface area contributed by atoms with Crippen molar-refractivity contribution >= 4 is 28.9 Å². The third-order valence-electron chi connectivity index (χ3n) is 6.43. The molecule has 0 aromatic heterocycles. The van der Waals surface area contributed by atoms with E-state index < -0.39 is 0 Å². The smallest absolute Gasteiger partial charge is 0.0654 e. The van der Waals surface area contributed by atoms with E-state index in [0.29, 0.717) is 5.02 Å². The summed E-state index contributed by atoms with van der Waals surface area (Å²) in [6.07, 6.45) is 3.90. The highest BCUT2D eigenvalue weighted by atomic mass is 35.5. The third-order valence-corrected chi connectivity index (χ3v) is 6.97. The summed E-state index contributed by atoms with van der Waals surface area (Å²) in [5.74, 6) is 0.848. The molecule has 29 heavy (non-hydrogen) atoms. The average Bonchev–Trinajstić information content (AvgIpc) is 2.75. The van der Waals surface area contributed by atoms with E-state index in [1.54, 1.807) is 0 Å². The van der Waals surface area contributed by atoms with Crippen LogP contribution in [0.15, 0.2) is 48.5 Å². The molecule has 0 atom stereocenters. The van der Waals surface area contributed by atoms with Crippen LogP contribution in [-0.2, 0) is 6.42 Å². The van der Waals surface area contributed by atoms with E-state index in [1.165, 1.54) is 51.0 Å². The average molecular weight is 432 g/mol. The second-order valence-corrected chi connectivity index (χ2v) is 9.24. The van der Waals surface area contributed by atoms with Gasteiger partial charge in [0.15, 0.2) is 0 Å². The molecule has 2 aliphatic rings. The molecule has 5 heteroatoms. The maximum atomic E-state index is 6.38. The summed E-state index contributed by atoms with van der Waals surface area (Å²) in [7, 11) is 0. The zero-order valence-electron chi connectivity index (χ0n) is 17.1. The van der Waals surface area contributed by atoms with Crippen molar-refractivity contribution in [2.75, 3.05) is 57.3 Å². The number of anilines is 1. The van der Waals surface area contributed by atoms with Gasteiger partial charge in [0.2, 0.25) is 0 Å². The van der Waals surface area contributed by atoms with Crippen molar-refractivity contribution in [2.24, 2.45) is 5.92 Å². The molecule has 2 saturated heterocycles. The van der Waals surface area contributed by atoms with Crippen LogP contribution in [0.1, 0.15) is 18.4 Å². The third kappa shape index (κ3) is 5.88. The Labute approximate surface area is 185 Å². The Morgan fingerprint density at radius 3 is 2.07 bits per heavy atom. The van der Waals surface area contributed by atoms with Gasteiger partial charge in [-0.1, -0.05) is 53.5 Å². The number of piperazine rings is 1. The molecule has 0 aliphatic carbocycles. The second kappa shape index (κ2) is 10.2. The second-order valence-electron chi connectivity index (χ2n) is 8.40. The number of piperidine rings is 1. The Morgan fingerprint density at radius 2 is 1.41 bits per heavy atom. The van der Waals surface area contributed by atoms with Crippen LogP contribution in [-0.4, -0.2) is 62.2 Å². The van der Waals surface area contributed by atoms with E-state index in [1.807, 2.05) is 18.2 Å². The minimum atomic E-state index is 0.699. The number of hydrogen-bond donors (Lipinski definition) is 0. The zero-order chi connectivity index (χ0) is 20.1. The predicted octanol–water partition coefficient (Wildman–Crippen LogP) is 5.07.